The van der Waals surface area contributed by atoms with E-state index >= 15 is 0 Å². The van der Waals surface area contributed by atoms with Crippen LogP contribution in [0.15, 0.2) is 0 Å². The second-order valence-electron chi connectivity index (χ2n) is 17.8. The van der Waals surface area contributed by atoms with Gasteiger partial charge >= 0.3 is 11.9 Å². The van der Waals surface area contributed by atoms with Crippen LogP contribution in [0.1, 0.15) is 247 Å². The average Bonchev–Trinajstić information content (AvgIpc) is 3.61. The van der Waals surface area contributed by atoms with Crippen molar-refractivity contribution in [3.05, 3.63) is 0 Å². The number of hydrogen-bond acceptors (Lipinski definition) is 7. The summed E-state index contributed by atoms with van der Waals surface area (Å²) in [5, 5.41) is 0. The molecule has 1 aliphatic heterocycles. The van der Waals surface area contributed by atoms with Crippen LogP contribution in [0.4, 0.5) is 0 Å². The van der Waals surface area contributed by atoms with Crippen LogP contribution in [0.3, 0.4) is 0 Å². The van der Waals surface area contributed by atoms with E-state index in [4.69, 9.17) is 18.9 Å². The molecule has 1 rings (SSSR count). The Hall–Kier alpha value is -1.18. The number of carbonyl (C=O) groups is 2. The summed E-state index contributed by atoms with van der Waals surface area (Å²) in [6.07, 6.45) is 36.5. The minimum absolute atomic E-state index is 0.0153. The number of unbranched alkanes of at least 4 members (excludes halogenated alkanes) is 18. The fourth-order valence-corrected chi connectivity index (χ4v) is 8.66. The van der Waals surface area contributed by atoms with Crippen molar-refractivity contribution in [2.24, 2.45) is 11.8 Å². The predicted octanol–water partition coefficient (Wildman–Crippen LogP) is 14.3. The first-order valence-corrected chi connectivity index (χ1v) is 25.2. The number of likely N-dealkylation sites (N-methyl/N-ethyl adjacent to an activating group) is 1. The van der Waals surface area contributed by atoms with Crippen LogP contribution in [-0.2, 0) is 28.5 Å². The van der Waals surface area contributed by atoms with Crippen molar-refractivity contribution in [3.8, 4) is 0 Å². The van der Waals surface area contributed by atoms with E-state index < -0.39 is 5.79 Å². The van der Waals surface area contributed by atoms with Gasteiger partial charge in [-0.3, -0.25) is 9.59 Å². The molecule has 1 fully saturated rings. The second-order valence-corrected chi connectivity index (χ2v) is 17.8. The zero-order valence-electron chi connectivity index (χ0n) is 39.0. The lowest BCUT2D eigenvalue weighted by Gasteiger charge is -2.29. The highest BCUT2D eigenvalue weighted by atomic mass is 16.7. The molecule has 1 heterocycles. The van der Waals surface area contributed by atoms with Crippen molar-refractivity contribution in [2.45, 2.75) is 259 Å². The standard InChI is InChI=1S/C50H97NO6/c1-7-13-25-33-45(34-26-14-8-2)41-48(52)54-39-31-23-19-17-21-29-37-50(56-44-47(57-50)43-51(11-5)12-6)38-30-22-18-20-24-32-40-55-49(53)42-46(35-27-15-9-3)36-28-16-10-4/h45-47H,7-44H2,1-6H3/t47-/m0/s1. The Morgan fingerprint density at radius 1 is 0.526 bits per heavy atom. The third-order valence-electron chi connectivity index (χ3n) is 12.5. The molecule has 1 atom stereocenters. The molecule has 0 spiro atoms. The molecule has 1 aliphatic rings. The Bertz CT molecular complexity index is 833. The minimum Gasteiger partial charge on any atom is -0.466 e. The minimum atomic E-state index is -0.434. The summed E-state index contributed by atoms with van der Waals surface area (Å²) in [4.78, 5) is 27.6. The molecule has 0 amide bonds. The molecule has 0 aromatic carbocycles. The molecule has 0 bridgehead atoms. The summed E-state index contributed by atoms with van der Waals surface area (Å²) in [5.74, 6) is 0.590. The van der Waals surface area contributed by atoms with Gasteiger partial charge in [-0.05, 0) is 76.3 Å². The number of nitrogens with zero attached hydrogens (tertiary/aromatic N) is 1. The van der Waals surface area contributed by atoms with Gasteiger partial charge < -0.3 is 23.8 Å². The topological polar surface area (TPSA) is 74.3 Å². The lowest BCUT2D eigenvalue weighted by atomic mass is 9.92. The molecule has 7 nitrogen and oxygen atoms in total. The number of ether oxygens (including phenoxy) is 4. The molecule has 0 N–H and O–H groups in total. The normalized spacial score (nSPS) is 15.4. The number of rotatable bonds is 42. The maximum Gasteiger partial charge on any atom is 0.306 e. The summed E-state index contributed by atoms with van der Waals surface area (Å²) >= 11 is 0. The second kappa shape index (κ2) is 37.8. The van der Waals surface area contributed by atoms with E-state index in [1.54, 1.807) is 0 Å². The quantitative estimate of drug-likeness (QED) is 0.0449. The Morgan fingerprint density at radius 3 is 1.26 bits per heavy atom. The summed E-state index contributed by atoms with van der Waals surface area (Å²) in [7, 11) is 0. The molecule has 0 radical (unpaired) electrons. The molecule has 1 saturated heterocycles. The van der Waals surface area contributed by atoms with E-state index in [0.29, 0.717) is 44.5 Å². The van der Waals surface area contributed by atoms with Crippen LogP contribution < -0.4 is 0 Å². The summed E-state index contributed by atoms with van der Waals surface area (Å²) in [6, 6.07) is 0. The van der Waals surface area contributed by atoms with Crippen LogP contribution >= 0.6 is 0 Å². The van der Waals surface area contributed by atoms with Gasteiger partial charge in [0.1, 0.15) is 0 Å². The van der Waals surface area contributed by atoms with Crippen molar-refractivity contribution >= 4 is 11.9 Å². The molecule has 0 saturated carbocycles. The zero-order valence-corrected chi connectivity index (χ0v) is 39.0. The first kappa shape index (κ1) is 53.8. The number of hydrogen-bond donors (Lipinski definition) is 0. The molecule has 338 valence electrons. The Morgan fingerprint density at radius 2 is 0.895 bits per heavy atom. The molecule has 7 heteroatoms. The summed E-state index contributed by atoms with van der Waals surface area (Å²) < 4.78 is 24.6. The lowest BCUT2D eigenvalue weighted by molar-refractivity contribution is -0.180. The molecule has 57 heavy (non-hydrogen) atoms. The number of esters is 2. The van der Waals surface area contributed by atoms with Gasteiger partial charge in [0.15, 0.2) is 5.79 Å². The van der Waals surface area contributed by atoms with Gasteiger partial charge in [0.2, 0.25) is 0 Å². The van der Waals surface area contributed by atoms with Crippen LogP contribution in [-0.4, -0.2) is 68.2 Å². The van der Waals surface area contributed by atoms with E-state index in [0.717, 1.165) is 71.0 Å². The average molecular weight is 808 g/mol. The van der Waals surface area contributed by atoms with Gasteiger partial charge in [-0.2, -0.15) is 0 Å². The maximum absolute atomic E-state index is 12.6. The monoisotopic (exact) mass is 808 g/mol. The first-order chi connectivity index (χ1) is 27.8. The fraction of sp³-hybridized carbons (Fsp3) is 0.960. The van der Waals surface area contributed by atoms with Gasteiger partial charge in [0.25, 0.3) is 0 Å². The van der Waals surface area contributed by atoms with Gasteiger partial charge in [-0.15, -0.1) is 0 Å². The third kappa shape index (κ3) is 29.7. The molecule has 0 aliphatic carbocycles. The SMILES string of the molecule is CCCCCC(CCCCC)CC(=O)OCCCCCCCCC1(CCCCCCCCOC(=O)CC(CCCCC)CCCCC)OC[C@H](CN(CC)CC)O1. The zero-order chi connectivity index (χ0) is 41.7. The Balaban J connectivity index is 2.33. The smallest absolute Gasteiger partial charge is 0.306 e. The van der Waals surface area contributed by atoms with E-state index in [2.05, 4.69) is 46.4 Å². The van der Waals surface area contributed by atoms with E-state index in [1.165, 1.54) is 141 Å². The highest BCUT2D eigenvalue weighted by Gasteiger charge is 2.40. The van der Waals surface area contributed by atoms with E-state index in [-0.39, 0.29) is 18.0 Å². The predicted molar refractivity (Wildman–Crippen MR) is 241 cm³/mol. The van der Waals surface area contributed by atoms with Crippen molar-refractivity contribution in [3.63, 3.8) is 0 Å². The summed E-state index contributed by atoms with van der Waals surface area (Å²) in [6.45, 7) is 18.3. The fourth-order valence-electron chi connectivity index (χ4n) is 8.66. The lowest BCUT2D eigenvalue weighted by Crippen LogP contribution is -2.36. The highest BCUT2D eigenvalue weighted by molar-refractivity contribution is 5.70. The Labute approximate surface area is 354 Å². The molecule has 0 aromatic heterocycles. The van der Waals surface area contributed by atoms with Crippen molar-refractivity contribution < 1.29 is 28.5 Å². The van der Waals surface area contributed by atoms with E-state index in [9.17, 15) is 9.59 Å². The van der Waals surface area contributed by atoms with Crippen molar-refractivity contribution in [2.75, 3.05) is 39.5 Å². The molecular formula is C50H97NO6. The van der Waals surface area contributed by atoms with Gasteiger partial charge in [-0.1, -0.05) is 170 Å². The molecular weight excluding hydrogens is 711 g/mol. The largest absolute Gasteiger partial charge is 0.466 e. The highest BCUT2D eigenvalue weighted by Crippen LogP contribution is 2.35. The van der Waals surface area contributed by atoms with Crippen LogP contribution in [0.5, 0.6) is 0 Å². The maximum atomic E-state index is 12.6. The van der Waals surface area contributed by atoms with Crippen LogP contribution in [0.2, 0.25) is 0 Å². The van der Waals surface area contributed by atoms with Crippen LogP contribution in [0.25, 0.3) is 0 Å². The van der Waals surface area contributed by atoms with Gasteiger partial charge in [-0.25, -0.2) is 0 Å². The van der Waals surface area contributed by atoms with Gasteiger partial charge in [0.05, 0.1) is 25.9 Å². The molecule has 0 aromatic rings. The third-order valence-corrected chi connectivity index (χ3v) is 12.5. The Kier molecular flexibility index (Phi) is 35.7. The van der Waals surface area contributed by atoms with Gasteiger partial charge in [0, 0.05) is 32.2 Å². The first-order valence-electron chi connectivity index (χ1n) is 25.2. The van der Waals surface area contributed by atoms with E-state index in [1.807, 2.05) is 0 Å². The number of carbonyl (C=O) groups excluding carboxylic acids is 2. The van der Waals surface area contributed by atoms with Crippen molar-refractivity contribution in [1.82, 2.24) is 4.90 Å². The van der Waals surface area contributed by atoms with Crippen LogP contribution in [0, 0.1) is 11.8 Å². The molecule has 0 unspecified atom stereocenters. The van der Waals surface area contributed by atoms with Crippen molar-refractivity contribution in [1.29, 1.82) is 0 Å². The summed E-state index contributed by atoms with van der Waals surface area (Å²) in [5.41, 5.74) is 0.